The van der Waals surface area contributed by atoms with E-state index in [4.69, 9.17) is 4.74 Å². The fourth-order valence-corrected chi connectivity index (χ4v) is 2.48. The number of amides is 1. The van der Waals surface area contributed by atoms with Crippen LogP contribution in [0.5, 0.6) is 0 Å². The summed E-state index contributed by atoms with van der Waals surface area (Å²) < 4.78 is 48.1. The molecule has 0 aliphatic carbocycles. The third-order valence-electron chi connectivity index (χ3n) is 3.80. The first-order chi connectivity index (χ1) is 11.3. The van der Waals surface area contributed by atoms with Crippen molar-refractivity contribution in [3.05, 3.63) is 35.4 Å². The van der Waals surface area contributed by atoms with Gasteiger partial charge in [0.15, 0.2) is 0 Å². The smallest absolute Gasteiger partial charge is 0.416 e. The lowest BCUT2D eigenvalue weighted by Gasteiger charge is -2.19. The van der Waals surface area contributed by atoms with Crippen molar-refractivity contribution in [2.24, 2.45) is 5.92 Å². The summed E-state index contributed by atoms with van der Waals surface area (Å²) >= 11 is 0. The van der Waals surface area contributed by atoms with Gasteiger partial charge in [0, 0.05) is 13.0 Å². The first kappa shape index (κ1) is 18.3. The van der Waals surface area contributed by atoms with Gasteiger partial charge in [0.2, 0.25) is 5.91 Å². The normalized spacial score (nSPS) is 18.9. The van der Waals surface area contributed by atoms with Gasteiger partial charge in [-0.1, -0.05) is 18.2 Å². The number of carbonyl (C=O) groups excluding carboxylic acids is 2. The second-order valence-corrected chi connectivity index (χ2v) is 5.55. The molecular formula is C16H18F3NO4. The highest BCUT2D eigenvalue weighted by Crippen LogP contribution is 2.29. The van der Waals surface area contributed by atoms with Crippen LogP contribution in [-0.4, -0.2) is 38.2 Å². The number of rotatable bonds is 5. The maximum Gasteiger partial charge on any atom is 0.416 e. The highest BCUT2D eigenvalue weighted by molar-refractivity contribution is 5.86. The Balaban J connectivity index is 2.11. The summed E-state index contributed by atoms with van der Waals surface area (Å²) in [7, 11) is 1.16. The number of nitrogens with one attached hydrogen (secondary N) is 1. The molecule has 1 aromatic carbocycles. The van der Waals surface area contributed by atoms with Gasteiger partial charge in [0.1, 0.15) is 6.04 Å². The largest absolute Gasteiger partial charge is 0.467 e. The molecule has 1 aliphatic heterocycles. The molecule has 132 valence electrons. The van der Waals surface area contributed by atoms with E-state index in [1.54, 1.807) is 0 Å². The highest BCUT2D eigenvalue weighted by Gasteiger charge is 2.32. The van der Waals surface area contributed by atoms with Crippen molar-refractivity contribution < 1.29 is 32.2 Å². The number of alkyl halides is 3. The summed E-state index contributed by atoms with van der Waals surface area (Å²) in [6.45, 7) is 0.734. The summed E-state index contributed by atoms with van der Waals surface area (Å²) in [6.07, 6.45) is -4.01. The van der Waals surface area contributed by atoms with Gasteiger partial charge in [0.25, 0.3) is 0 Å². The van der Waals surface area contributed by atoms with E-state index < -0.39 is 23.8 Å². The van der Waals surface area contributed by atoms with Crippen LogP contribution >= 0.6 is 0 Å². The van der Waals surface area contributed by atoms with Crippen LogP contribution in [0.15, 0.2) is 24.3 Å². The summed E-state index contributed by atoms with van der Waals surface area (Å²) in [5, 5.41) is 2.54. The van der Waals surface area contributed by atoms with Crippen molar-refractivity contribution in [2.45, 2.75) is 25.1 Å². The van der Waals surface area contributed by atoms with Gasteiger partial charge in [-0.2, -0.15) is 13.2 Å². The first-order valence-corrected chi connectivity index (χ1v) is 7.43. The Morgan fingerprint density at radius 1 is 1.42 bits per heavy atom. The molecule has 2 atom stereocenters. The van der Waals surface area contributed by atoms with Crippen LogP contribution in [0, 0.1) is 5.92 Å². The molecule has 1 saturated heterocycles. The Morgan fingerprint density at radius 3 is 2.75 bits per heavy atom. The fraction of sp³-hybridized carbons (Fsp3) is 0.500. The Morgan fingerprint density at radius 2 is 2.17 bits per heavy atom. The summed E-state index contributed by atoms with van der Waals surface area (Å²) in [5.41, 5.74) is -0.526. The van der Waals surface area contributed by atoms with E-state index in [2.05, 4.69) is 10.1 Å². The molecule has 1 fully saturated rings. The van der Waals surface area contributed by atoms with Crippen LogP contribution in [0.1, 0.15) is 17.5 Å². The van der Waals surface area contributed by atoms with Gasteiger partial charge < -0.3 is 14.8 Å². The molecule has 1 N–H and O–H groups in total. The number of carbonyl (C=O) groups is 2. The van der Waals surface area contributed by atoms with Crippen LogP contribution in [0.25, 0.3) is 0 Å². The summed E-state index contributed by atoms with van der Waals surface area (Å²) in [6, 6.07) is 3.59. The van der Waals surface area contributed by atoms with Crippen LogP contribution in [0.3, 0.4) is 0 Å². The van der Waals surface area contributed by atoms with Crippen molar-refractivity contribution >= 4 is 11.9 Å². The number of esters is 1. The Hall–Kier alpha value is -2.09. The fourth-order valence-electron chi connectivity index (χ4n) is 2.48. The van der Waals surface area contributed by atoms with Gasteiger partial charge >= 0.3 is 12.1 Å². The molecule has 1 aliphatic rings. The second-order valence-electron chi connectivity index (χ2n) is 5.55. The predicted octanol–water partition coefficient (Wildman–Crippen LogP) is 1.94. The van der Waals surface area contributed by atoms with Crippen molar-refractivity contribution in [3.8, 4) is 0 Å². The highest BCUT2D eigenvalue weighted by atomic mass is 19.4. The van der Waals surface area contributed by atoms with E-state index in [-0.39, 0.29) is 30.4 Å². The average molecular weight is 345 g/mol. The predicted molar refractivity (Wildman–Crippen MR) is 78.0 cm³/mol. The molecule has 0 radical (unpaired) electrons. The zero-order valence-electron chi connectivity index (χ0n) is 13.1. The maximum absolute atomic E-state index is 12.8. The Kier molecular flexibility index (Phi) is 5.82. The van der Waals surface area contributed by atoms with Crippen molar-refractivity contribution in [1.29, 1.82) is 0 Å². The molecule has 0 unspecified atom stereocenters. The maximum atomic E-state index is 12.8. The number of ether oxygens (including phenoxy) is 2. The number of hydrogen-bond donors (Lipinski definition) is 1. The molecule has 1 amide bonds. The third kappa shape index (κ3) is 4.70. The molecule has 0 aromatic heterocycles. The average Bonchev–Trinajstić information content (AvgIpc) is 3.07. The number of hydrogen-bond acceptors (Lipinski definition) is 4. The lowest BCUT2D eigenvalue weighted by molar-refractivity contribution is -0.145. The minimum absolute atomic E-state index is 0.0874. The standard InChI is InChI=1S/C16H18F3NO4/c1-23-15(22)13(20-14(21)11-5-6-24-9-11)8-10-3-2-4-12(7-10)16(17,18)19/h2-4,7,11,13H,5-6,8-9H2,1H3,(H,20,21)/t11-,13-/m1/s1. The number of benzene rings is 1. The Labute approximate surface area is 137 Å². The molecule has 24 heavy (non-hydrogen) atoms. The monoisotopic (exact) mass is 345 g/mol. The molecule has 1 aromatic rings. The van der Waals surface area contributed by atoms with E-state index >= 15 is 0 Å². The molecule has 0 spiro atoms. The van der Waals surface area contributed by atoms with E-state index in [0.29, 0.717) is 13.0 Å². The topological polar surface area (TPSA) is 64.6 Å². The van der Waals surface area contributed by atoms with E-state index in [9.17, 15) is 22.8 Å². The van der Waals surface area contributed by atoms with Gasteiger partial charge in [-0.15, -0.1) is 0 Å². The van der Waals surface area contributed by atoms with E-state index in [1.807, 2.05) is 0 Å². The number of methoxy groups -OCH3 is 1. The lowest BCUT2D eigenvalue weighted by atomic mass is 10.0. The summed E-state index contributed by atoms with van der Waals surface area (Å²) in [4.78, 5) is 24.0. The Bertz CT molecular complexity index is 597. The van der Waals surface area contributed by atoms with E-state index in [0.717, 1.165) is 19.2 Å². The minimum Gasteiger partial charge on any atom is -0.467 e. The third-order valence-corrected chi connectivity index (χ3v) is 3.80. The number of halogens is 3. The van der Waals surface area contributed by atoms with Gasteiger partial charge in [0.05, 0.1) is 25.2 Å². The summed E-state index contributed by atoms with van der Waals surface area (Å²) in [5.74, 6) is -1.44. The van der Waals surface area contributed by atoms with Crippen LogP contribution in [0.4, 0.5) is 13.2 Å². The molecule has 5 nitrogen and oxygen atoms in total. The van der Waals surface area contributed by atoms with Crippen molar-refractivity contribution in [2.75, 3.05) is 20.3 Å². The van der Waals surface area contributed by atoms with Crippen LogP contribution < -0.4 is 5.32 Å². The SMILES string of the molecule is COC(=O)[C@@H](Cc1cccc(C(F)(F)F)c1)NC(=O)[C@@H]1CCOC1. The van der Waals surface area contributed by atoms with Gasteiger partial charge in [-0.05, 0) is 18.1 Å². The quantitative estimate of drug-likeness (QED) is 0.829. The lowest BCUT2D eigenvalue weighted by Crippen LogP contribution is -2.45. The molecular weight excluding hydrogens is 327 g/mol. The molecule has 2 rings (SSSR count). The minimum atomic E-state index is -4.47. The van der Waals surface area contributed by atoms with Crippen LogP contribution in [0.2, 0.25) is 0 Å². The second kappa shape index (κ2) is 7.65. The van der Waals surface area contributed by atoms with Crippen molar-refractivity contribution in [3.63, 3.8) is 0 Å². The zero-order valence-corrected chi connectivity index (χ0v) is 13.1. The molecule has 0 saturated carbocycles. The zero-order chi connectivity index (χ0) is 17.7. The van der Waals surface area contributed by atoms with E-state index in [1.165, 1.54) is 12.1 Å². The van der Waals surface area contributed by atoms with Crippen molar-refractivity contribution in [1.82, 2.24) is 5.32 Å². The van der Waals surface area contributed by atoms with Gasteiger partial charge in [-0.25, -0.2) is 4.79 Å². The first-order valence-electron chi connectivity index (χ1n) is 7.43. The molecule has 1 heterocycles. The molecule has 0 bridgehead atoms. The molecule has 8 heteroatoms. The van der Waals surface area contributed by atoms with Crippen LogP contribution in [-0.2, 0) is 31.7 Å². The van der Waals surface area contributed by atoms with Gasteiger partial charge in [-0.3, -0.25) is 4.79 Å².